The van der Waals surface area contributed by atoms with Gasteiger partial charge in [-0.15, -0.1) is 0 Å². The van der Waals surface area contributed by atoms with Crippen molar-refractivity contribution in [1.82, 2.24) is 0 Å². The van der Waals surface area contributed by atoms with E-state index in [-0.39, 0.29) is 22.6 Å². The molecule has 51 heavy (non-hydrogen) atoms. The van der Waals surface area contributed by atoms with Crippen LogP contribution in [0.1, 0.15) is 70.7 Å². The van der Waals surface area contributed by atoms with Gasteiger partial charge in [0.1, 0.15) is 34.1 Å². The molecule has 0 radical (unpaired) electrons. The molecule has 0 aliphatic carbocycles. The smallest absolute Gasteiger partial charge is 0.497 e. The molecule has 0 saturated carbocycles. The Labute approximate surface area is 296 Å². The van der Waals surface area contributed by atoms with Crippen molar-refractivity contribution in [1.29, 1.82) is 0 Å². The van der Waals surface area contributed by atoms with Gasteiger partial charge in [0.05, 0.1) is 35.5 Å². The molecule has 0 heterocycles. The SMILES string of the molecule is COC(=O)Oc1ccc(C(C)(C)c2ccc(OC)cc2)cc1C(=O)O.COC(=O)Oc1ccc(C(C)(C)c2ccc(OC)cc2)cc1C(=O)OC. The minimum absolute atomic E-state index is 0.0615. The van der Waals surface area contributed by atoms with E-state index in [2.05, 4.69) is 9.47 Å². The molecule has 0 saturated heterocycles. The Morgan fingerprint density at radius 2 is 0.843 bits per heavy atom. The zero-order valence-electron chi connectivity index (χ0n) is 30.0. The van der Waals surface area contributed by atoms with Gasteiger partial charge in [-0.3, -0.25) is 0 Å². The zero-order valence-corrected chi connectivity index (χ0v) is 30.0. The molecule has 1 N–H and O–H groups in total. The molecular weight excluding hydrogens is 660 g/mol. The molecule has 0 aromatic heterocycles. The van der Waals surface area contributed by atoms with E-state index in [4.69, 9.17) is 23.7 Å². The molecule has 0 aliphatic rings. The molecule has 4 aromatic rings. The molecule has 0 amide bonds. The van der Waals surface area contributed by atoms with Crippen molar-refractivity contribution < 1.29 is 57.4 Å². The Balaban J connectivity index is 0.000000276. The number of hydrogen-bond donors (Lipinski definition) is 1. The lowest BCUT2D eigenvalue weighted by Crippen LogP contribution is -2.20. The first kappa shape index (κ1) is 39.4. The molecular formula is C39H42O12. The van der Waals surface area contributed by atoms with E-state index in [1.54, 1.807) is 38.5 Å². The van der Waals surface area contributed by atoms with Crippen molar-refractivity contribution in [2.24, 2.45) is 0 Å². The van der Waals surface area contributed by atoms with Crippen LogP contribution in [0.25, 0.3) is 0 Å². The lowest BCUT2D eigenvalue weighted by molar-refractivity contribution is 0.0594. The third-order valence-electron chi connectivity index (χ3n) is 8.38. The van der Waals surface area contributed by atoms with Gasteiger partial charge in [-0.2, -0.15) is 0 Å². The summed E-state index contributed by atoms with van der Waals surface area (Å²) in [7, 11) is 6.83. The first-order valence-electron chi connectivity index (χ1n) is 15.5. The maximum absolute atomic E-state index is 12.1. The van der Waals surface area contributed by atoms with Gasteiger partial charge >= 0.3 is 24.2 Å². The van der Waals surface area contributed by atoms with E-state index >= 15 is 0 Å². The number of esters is 1. The molecule has 0 spiro atoms. The van der Waals surface area contributed by atoms with E-state index in [0.717, 1.165) is 40.9 Å². The second-order valence-electron chi connectivity index (χ2n) is 12.0. The highest BCUT2D eigenvalue weighted by Crippen LogP contribution is 2.36. The molecule has 0 unspecified atom stereocenters. The van der Waals surface area contributed by atoms with Crippen molar-refractivity contribution in [3.05, 3.63) is 118 Å². The lowest BCUT2D eigenvalue weighted by Gasteiger charge is -2.27. The van der Waals surface area contributed by atoms with Crippen LogP contribution in [-0.4, -0.2) is 64.9 Å². The maximum atomic E-state index is 12.1. The number of carboxylic acid groups (broad SMARTS) is 1. The monoisotopic (exact) mass is 702 g/mol. The summed E-state index contributed by atoms with van der Waals surface area (Å²) in [6, 6.07) is 25.0. The number of carboxylic acids is 1. The number of carbonyl (C=O) groups is 4. The van der Waals surface area contributed by atoms with E-state index in [1.165, 1.54) is 26.4 Å². The lowest BCUT2D eigenvalue weighted by atomic mass is 9.77. The Morgan fingerprint density at radius 3 is 1.18 bits per heavy atom. The Bertz CT molecular complexity index is 1840. The molecule has 0 bridgehead atoms. The van der Waals surface area contributed by atoms with Crippen LogP contribution in [-0.2, 0) is 25.0 Å². The van der Waals surface area contributed by atoms with Gasteiger partial charge in [-0.05, 0) is 70.8 Å². The molecule has 12 nitrogen and oxygen atoms in total. The van der Waals surface area contributed by atoms with Crippen LogP contribution in [0.5, 0.6) is 23.0 Å². The fourth-order valence-electron chi connectivity index (χ4n) is 5.06. The summed E-state index contributed by atoms with van der Waals surface area (Å²) in [6.45, 7) is 8.03. The average molecular weight is 703 g/mol. The number of benzene rings is 4. The van der Waals surface area contributed by atoms with Crippen LogP contribution in [0.4, 0.5) is 9.59 Å². The molecule has 4 aromatic carbocycles. The molecule has 270 valence electrons. The number of methoxy groups -OCH3 is 5. The van der Waals surface area contributed by atoms with Crippen molar-refractivity contribution in [3.63, 3.8) is 0 Å². The second kappa shape index (κ2) is 17.1. The molecule has 0 aliphatic heterocycles. The summed E-state index contributed by atoms with van der Waals surface area (Å²) in [6.07, 6.45) is -1.87. The van der Waals surface area contributed by atoms with E-state index < -0.39 is 35.1 Å². The first-order chi connectivity index (χ1) is 24.1. The third kappa shape index (κ3) is 9.56. The van der Waals surface area contributed by atoms with E-state index in [9.17, 15) is 24.3 Å². The largest absolute Gasteiger partial charge is 0.513 e. The van der Waals surface area contributed by atoms with Gasteiger partial charge in [0.25, 0.3) is 0 Å². The second-order valence-corrected chi connectivity index (χ2v) is 12.0. The minimum atomic E-state index is -1.19. The number of carbonyl (C=O) groups excluding carboxylic acids is 3. The Kier molecular flexibility index (Phi) is 13.2. The van der Waals surface area contributed by atoms with Crippen molar-refractivity contribution in [2.45, 2.75) is 38.5 Å². The maximum Gasteiger partial charge on any atom is 0.513 e. The van der Waals surface area contributed by atoms with Crippen LogP contribution in [0, 0.1) is 0 Å². The standard InChI is InChI=1S/C20H22O6.C19H20O6/c1-20(2,13-6-9-15(23-3)10-7-13)14-8-11-17(26-19(22)25-5)16(12-14)18(21)24-4;1-19(2,12-5-8-14(23-3)9-6-12)13-7-10-16(25-18(22)24-4)15(11-13)17(20)21/h6-12H,1-5H3;5-11H,1-4H3,(H,20,21). The normalized spacial score (nSPS) is 10.8. The number of ether oxygens (including phenoxy) is 7. The van der Waals surface area contributed by atoms with E-state index in [1.807, 2.05) is 76.2 Å². The highest BCUT2D eigenvalue weighted by atomic mass is 16.7. The quantitative estimate of drug-likeness (QED) is 0.0974. The summed E-state index contributed by atoms with van der Waals surface area (Å²) in [5.41, 5.74) is 2.84. The average Bonchev–Trinajstić information content (AvgIpc) is 3.14. The highest BCUT2D eigenvalue weighted by molar-refractivity contribution is 5.93. The number of aromatic carboxylic acids is 1. The van der Waals surface area contributed by atoms with Gasteiger partial charge < -0.3 is 38.3 Å². The van der Waals surface area contributed by atoms with Crippen molar-refractivity contribution in [2.75, 3.05) is 35.5 Å². The van der Waals surface area contributed by atoms with Crippen molar-refractivity contribution in [3.8, 4) is 23.0 Å². The van der Waals surface area contributed by atoms with Crippen molar-refractivity contribution >= 4 is 24.2 Å². The Morgan fingerprint density at radius 1 is 0.490 bits per heavy atom. The number of rotatable bonds is 10. The van der Waals surface area contributed by atoms with Crippen LogP contribution < -0.4 is 18.9 Å². The molecule has 12 heteroatoms. The zero-order chi connectivity index (χ0) is 37.9. The summed E-state index contributed by atoms with van der Waals surface area (Å²) < 4.78 is 34.0. The van der Waals surface area contributed by atoms with E-state index in [0.29, 0.717) is 0 Å². The fourth-order valence-corrected chi connectivity index (χ4v) is 5.06. The van der Waals surface area contributed by atoms with Crippen LogP contribution >= 0.6 is 0 Å². The third-order valence-corrected chi connectivity index (χ3v) is 8.38. The molecule has 4 rings (SSSR count). The summed E-state index contributed by atoms with van der Waals surface area (Å²) in [5, 5.41) is 9.43. The van der Waals surface area contributed by atoms with Gasteiger partial charge in [0.15, 0.2) is 0 Å². The van der Waals surface area contributed by atoms with Gasteiger partial charge in [0, 0.05) is 10.8 Å². The fraction of sp³-hybridized carbons (Fsp3) is 0.282. The molecule has 0 atom stereocenters. The minimum Gasteiger partial charge on any atom is -0.497 e. The van der Waals surface area contributed by atoms with Gasteiger partial charge in [0.2, 0.25) is 0 Å². The molecule has 0 fully saturated rings. The first-order valence-corrected chi connectivity index (χ1v) is 15.5. The van der Waals surface area contributed by atoms with Crippen LogP contribution in [0.2, 0.25) is 0 Å². The highest BCUT2D eigenvalue weighted by Gasteiger charge is 2.28. The Hall–Kier alpha value is -6.04. The van der Waals surface area contributed by atoms with Crippen LogP contribution in [0.15, 0.2) is 84.9 Å². The summed E-state index contributed by atoms with van der Waals surface area (Å²) >= 11 is 0. The summed E-state index contributed by atoms with van der Waals surface area (Å²) in [4.78, 5) is 46.3. The number of hydrogen-bond acceptors (Lipinski definition) is 11. The topological polar surface area (TPSA) is 153 Å². The van der Waals surface area contributed by atoms with Gasteiger partial charge in [-0.1, -0.05) is 64.1 Å². The van der Waals surface area contributed by atoms with Gasteiger partial charge in [-0.25, -0.2) is 19.2 Å². The predicted molar refractivity (Wildman–Crippen MR) is 187 cm³/mol. The van der Waals surface area contributed by atoms with Crippen LogP contribution in [0.3, 0.4) is 0 Å². The predicted octanol–water partition coefficient (Wildman–Crippen LogP) is 7.82. The summed E-state index contributed by atoms with van der Waals surface area (Å²) in [5.74, 6) is -0.261.